The lowest BCUT2D eigenvalue weighted by atomic mass is 9.87. The highest BCUT2D eigenvalue weighted by atomic mass is 16.5. The van der Waals surface area contributed by atoms with Gasteiger partial charge in [0.2, 0.25) is 0 Å². The van der Waals surface area contributed by atoms with Crippen molar-refractivity contribution >= 4 is 0 Å². The van der Waals surface area contributed by atoms with E-state index in [1.54, 1.807) is 0 Å². The molecule has 1 rings (SSSR count). The van der Waals surface area contributed by atoms with E-state index in [2.05, 4.69) is 59.8 Å². The minimum absolute atomic E-state index is 0.0882. The monoisotopic (exact) mass is 222 g/mol. The Kier molecular flexibility index (Phi) is 3.88. The minimum atomic E-state index is -0.0882. The average Bonchev–Trinajstić information content (AvgIpc) is 2.44. The molecule has 92 valence electrons. The van der Waals surface area contributed by atoms with Crippen LogP contribution in [0.1, 0.15) is 54.4 Å². The Morgan fingerprint density at radius 1 is 1.12 bits per heavy atom. The van der Waals surface area contributed by atoms with Crippen LogP contribution in [0.4, 0.5) is 0 Å². The molecule has 1 nitrogen and oxygen atoms in total. The molecule has 0 amide bonds. The largest absolute Gasteiger partial charge is 0.488 e. The second-order valence-corrected chi connectivity index (χ2v) is 6.91. The van der Waals surface area contributed by atoms with Crippen LogP contribution in [0, 0.1) is 11.3 Å². The summed E-state index contributed by atoms with van der Waals surface area (Å²) in [5.74, 6) is 1.60. The van der Waals surface area contributed by atoms with Crippen LogP contribution in [0.2, 0.25) is 0 Å². The van der Waals surface area contributed by atoms with Crippen LogP contribution in [0.5, 0.6) is 0 Å². The first-order valence-electron chi connectivity index (χ1n) is 6.25. The van der Waals surface area contributed by atoms with E-state index in [-0.39, 0.29) is 5.60 Å². The molecule has 0 saturated carbocycles. The molecule has 0 spiro atoms. The van der Waals surface area contributed by atoms with Gasteiger partial charge in [-0.05, 0) is 57.1 Å². The van der Waals surface area contributed by atoms with Gasteiger partial charge in [0, 0.05) is 0 Å². The second-order valence-electron chi connectivity index (χ2n) is 6.91. The van der Waals surface area contributed by atoms with Gasteiger partial charge in [-0.1, -0.05) is 26.8 Å². The molecular weight excluding hydrogens is 196 g/mol. The topological polar surface area (TPSA) is 9.23 Å². The third-order valence-electron chi connectivity index (χ3n) is 2.54. The maximum absolute atomic E-state index is 5.84. The quantitative estimate of drug-likeness (QED) is 0.672. The Morgan fingerprint density at radius 2 is 1.75 bits per heavy atom. The van der Waals surface area contributed by atoms with E-state index in [0.29, 0.717) is 11.3 Å². The van der Waals surface area contributed by atoms with Crippen molar-refractivity contribution in [2.24, 2.45) is 11.3 Å². The van der Waals surface area contributed by atoms with Gasteiger partial charge in [0.1, 0.15) is 11.4 Å². The summed E-state index contributed by atoms with van der Waals surface area (Å²) in [7, 11) is 0. The predicted molar refractivity (Wildman–Crippen MR) is 70.2 cm³/mol. The van der Waals surface area contributed by atoms with Crippen LogP contribution in [0.3, 0.4) is 0 Å². The fraction of sp³-hybridized carbons (Fsp3) is 0.733. The summed E-state index contributed by atoms with van der Waals surface area (Å²) in [5, 5.41) is 0. The molecule has 0 heterocycles. The first kappa shape index (κ1) is 13.3. The lowest BCUT2D eigenvalue weighted by Crippen LogP contribution is -2.17. The molecule has 1 unspecified atom stereocenters. The van der Waals surface area contributed by atoms with Crippen LogP contribution in [0.15, 0.2) is 24.0 Å². The Hall–Kier alpha value is -0.720. The first-order chi connectivity index (χ1) is 7.16. The summed E-state index contributed by atoms with van der Waals surface area (Å²) in [6.07, 6.45) is 9.08. The number of ether oxygens (including phenoxy) is 1. The van der Waals surface area contributed by atoms with Gasteiger partial charge in [-0.2, -0.15) is 0 Å². The fourth-order valence-corrected chi connectivity index (χ4v) is 1.74. The third-order valence-corrected chi connectivity index (χ3v) is 2.54. The molecule has 0 aromatic rings. The summed E-state index contributed by atoms with van der Waals surface area (Å²) >= 11 is 0. The fourth-order valence-electron chi connectivity index (χ4n) is 1.74. The zero-order valence-electron chi connectivity index (χ0n) is 11.6. The van der Waals surface area contributed by atoms with Crippen LogP contribution >= 0.6 is 0 Å². The molecule has 1 aliphatic rings. The van der Waals surface area contributed by atoms with Gasteiger partial charge in [-0.15, -0.1) is 0 Å². The average molecular weight is 222 g/mol. The number of allylic oxidation sites excluding steroid dienone is 3. The van der Waals surface area contributed by atoms with Gasteiger partial charge >= 0.3 is 0 Å². The van der Waals surface area contributed by atoms with E-state index in [1.165, 1.54) is 12.8 Å². The third kappa shape index (κ3) is 5.39. The van der Waals surface area contributed by atoms with Crippen molar-refractivity contribution in [2.75, 3.05) is 0 Å². The van der Waals surface area contributed by atoms with Crippen molar-refractivity contribution in [1.29, 1.82) is 0 Å². The molecule has 1 aliphatic carbocycles. The molecule has 0 aromatic carbocycles. The van der Waals surface area contributed by atoms with Crippen molar-refractivity contribution < 1.29 is 4.74 Å². The maximum Gasteiger partial charge on any atom is 0.116 e. The molecule has 0 saturated heterocycles. The molecular formula is C15H26O. The summed E-state index contributed by atoms with van der Waals surface area (Å²) in [6, 6.07) is 0. The normalized spacial score (nSPS) is 21.1. The van der Waals surface area contributed by atoms with Crippen molar-refractivity contribution in [2.45, 2.75) is 60.0 Å². The SMILES string of the molecule is CC(C)(C)CCC1C=CC(OC(C)(C)C)=C1. The summed E-state index contributed by atoms with van der Waals surface area (Å²) in [4.78, 5) is 0. The lowest BCUT2D eigenvalue weighted by molar-refractivity contribution is 0.0599. The Bertz CT molecular complexity index is 284. The molecule has 0 bridgehead atoms. The molecule has 0 aliphatic heterocycles. The standard InChI is InChI=1S/C15H26O/c1-14(2,3)10-9-12-7-8-13(11-12)16-15(4,5)6/h7-8,11-12H,9-10H2,1-6H3. The summed E-state index contributed by atoms with van der Waals surface area (Å²) < 4.78 is 5.84. The molecule has 0 fully saturated rings. The molecule has 0 aromatic heterocycles. The van der Waals surface area contributed by atoms with Crippen LogP contribution in [-0.4, -0.2) is 5.60 Å². The van der Waals surface area contributed by atoms with E-state index in [4.69, 9.17) is 4.74 Å². The van der Waals surface area contributed by atoms with Gasteiger partial charge in [0.15, 0.2) is 0 Å². The van der Waals surface area contributed by atoms with Crippen molar-refractivity contribution in [1.82, 2.24) is 0 Å². The van der Waals surface area contributed by atoms with Gasteiger partial charge < -0.3 is 4.74 Å². The number of hydrogen-bond acceptors (Lipinski definition) is 1. The minimum Gasteiger partial charge on any atom is -0.488 e. The summed E-state index contributed by atoms with van der Waals surface area (Å²) in [5.41, 5.74) is 0.338. The van der Waals surface area contributed by atoms with E-state index in [1.807, 2.05) is 0 Å². The predicted octanol–water partition coefficient (Wildman–Crippen LogP) is 4.70. The van der Waals surface area contributed by atoms with E-state index >= 15 is 0 Å². The molecule has 1 heteroatoms. The van der Waals surface area contributed by atoms with Gasteiger partial charge in [0.05, 0.1) is 0 Å². The lowest BCUT2D eigenvalue weighted by Gasteiger charge is -2.21. The van der Waals surface area contributed by atoms with Gasteiger partial charge in [0.25, 0.3) is 0 Å². The van der Waals surface area contributed by atoms with E-state index < -0.39 is 0 Å². The molecule has 0 radical (unpaired) electrons. The summed E-state index contributed by atoms with van der Waals surface area (Å²) in [6.45, 7) is 13.1. The Labute approximate surface area is 101 Å². The Morgan fingerprint density at radius 3 is 2.25 bits per heavy atom. The first-order valence-corrected chi connectivity index (χ1v) is 6.25. The van der Waals surface area contributed by atoms with Crippen LogP contribution < -0.4 is 0 Å². The highest BCUT2D eigenvalue weighted by Gasteiger charge is 2.18. The highest BCUT2D eigenvalue weighted by molar-refractivity contribution is 5.24. The molecule has 0 N–H and O–H groups in total. The van der Waals surface area contributed by atoms with E-state index in [0.717, 1.165) is 5.76 Å². The highest BCUT2D eigenvalue weighted by Crippen LogP contribution is 2.29. The maximum atomic E-state index is 5.84. The number of hydrogen-bond donors (Lipinski definition) is 0. The zero-order chi connectivity index (χ0) is 12.4. The Balaban J connectivity index is 2.42. The molecule has 1 atom stereocenters. The zero-order valence-corrected chi connectivity index (χ0v) is 11.6. The number of rotatable bonds is 3. The van der Waals surface area contributed by atoms with Crippen molar-refractivity contribution in [3.8, 4) is 0 Å². The van der Waals surface area contributed by atoms with Crippen LogP contribution in [0.25, 0.3) is 0 Å². The van der Waals surface area contributed by atoms with Crippen molar-refractivity contribution in [3.63, 3.8) is 0 Å². The van der Waals surface area contributed by atoms with Crippen molar-refractivity contribution in [3.05, 3.63) is 24.0 Å². The van der Waals surface area contributed by atoms with E-state index in [9.17, 15) is 0 Å². The van der Waals surface area contributed by atoms with Gasteiger partial charge in [-0.3, -0.25) is 0 Å². The van der Waals surface area contributed by atoms with Gasteiger partial charge in [-0.25, -0.2) is 0 Å². The van der Waals surface area contributed by atoms with Crippen LogP contribution in [-0.2, 0) is 4.74 Å². The molecule has 16 heavy (non-hydrogen) atoms. The second kappa shape index (κ2) is 4.65. The smallest absolute Gasteiger partial charge is 0.116 e.